The van der Waals surface area contributed by atoms with Gasteiger partial charge in [-0.3, -0.25) is 4.79 Å². The zero-order valence-electron chi connectivity index (χ0n) is 9.69. The van der Waals surface area contributed by atoms with Gasteiger partial charge in [0, 0.05) is 12.6 Å². The van der Waals surface area contributed by atoms with Gasteiger partial charge in [0.05, 0.1) is 0 Å². The summed E-state index contributed by atoms with van der Waals surface area (Å²) in [5.74, 6) is 0.596. The van der Waals surface area contributed by atoms with E-state index >= 15 is 0 Å². The molecule has 0 atom stereocenters. The van der Waals surface area contributed by atoms with Gasteiger partial charge >= 0.3 is 0 Å². The Labute approximate surface area is 101 Å². The van der Waals surface area contributed by atoms with E-state index in [4.69, 9.17) is 9.84 Å². The fourth-order valence-corrected chi connectivity index (χ4v) is 1.61. The second kappa shape index (κ2) is 5.68. The van der Waals surface area contributed by atoms with Crippen molar-refractivity contribution in [3.05, 3.63) is 29.8 Å². The molecule has 0 saturated heterocycles. The van der Waals surface area contributed by atoms with E-state index in [1.54, 1.807) is 0 Å². The SMILES string of the molecule is O=C(COc1ccccc1CCO)NC1CC1. The van der Waals surface area contributed by atoms with Crippen molar-refractivity contribution in [1.82, 2.24) is 5.32 Å². The van der Waals surface area contributed by atoms with Crippen molar-refractivity contribution in [3.8, 4) is 5.75 Å². The Hall–Kier alpha value is -1.55. The number of hydrogen-bond acceptors (Lipinski definition) is 3. The second-order valence-electron chi connectivity index (χ2n) is 4.21. The number of nitrogens with one attached hydrogen (secondary N) is 1. The lowest BCUT2D eigenvalue weighted by atomic mass is 10.1. The second-order valence-corrected chi connectivity index (χ2v) is 4.21. The Morgan fingerprint density at radius 2 is 2.18 bits per heavy atom. The Morgan fingerprint density at radius 1 is 1.41 bits per heavy atom. The molecule has 1 fully saturated rings. The van der Waals surface area contributed by atoms with Crippen LogP contribution in [-0.2, 0) is 11.2 Å². The summed E-state index contributed by atoms with van der Waals surface area (Å²) in [5.41, 5.74) is 0.925. The van der Waals surface area contributed by atoms with E-state index < -0.39 is 0 Å². The van der Waals surface area contributed by atoms with Crippen LogP contribution in [0.1, 0.15) is 18.4 Å². The molecule has 1 aliphatic carbocycles. The maximum absolute atomic E-state index is 11.5. The van der Waals surface area contributed by atoms with Crippen LogP contribution in [0.15, 0.2) is 24.3 Å². The molecular formula is C13H17NO3. The van der Waals surface area contributed by atoms with E-state index in [0.29, 0.717) is 18.2 Å². The van der Waals surface area contributed by atoms with Gasteiger partial charge in [0.15, 0.2) is 6.61 Å². The third-order valence-corrected chi connectivity index (χ3v) is 2.65. The van der Waals surface area contributed by atoms with E-state index in [9.17, 15) is 4.79 Å². The van der Waals surface area contributed by atoms with Gasteiger partial charge in [0.25, 0.3) is 5.91 Å². The molecule has 1 amide bonds. The number of ether oxygens (including phenoxy) is 1. The van der Waals surface area contributed by atoms with E-state index in [1.807, 2.05) is 24.3 Å². The van der Waals surface area contributed by atoms with Crippen LogP contribution in [0, 0.1) is 0 Å². The molecule has 92 valence electrons. The van der Waals surface area contributed by atoms with Gasteiger partial charge in [-0.25, -0.2) is 0 Å². The van der Waals surface area contributed by atoms with Crippen molar-refractivity contribution in [2.24, 2.45) is 0 Å². The van der Waals surface area contributed by atoms with E-state index in [-0.39, 0.29) is 19.1 Å². The number of aliphatic hydroxyl groups excluding tert-OH is 1. The Bertz CT molecular complexity index is 388. The van der Waals surface area contributed by atoms with Gasteiger partial charge in [-0.15, -0.1) is 0 Å². The lowest BCUT2D eigenvalue weighted by Gasteiger charge is -2.10. The molecule has 0 radical (unpaired) electrons. The Morgan fingerprint density at radius 3 is 2.88 bits per heavy atom. The first-order valence-electron chi connectivity index (χ1n) is 5.90. The summed E-state index contributed by atoms with van der Waals surface area (Å²) >= 11 is 0. The number of carbonyl (C=O) groups excluding carboxylic acids is 1. The molecule has 0 heterocycles. The number of para-hydroxylation sites is 1. The van der Waals surface area contributed by atoms with Gasteiger partial charge in [0.1, 0.15) is 5.75 Å². The molecule has 17 heavy (non-hydrogen) atoms. The van der Waals surface area contributed by atoms with Crippen LogP contribution in [0.25, 0.3) is 0 Å². The van der Waals surface area contributed by atoms with E-state index in [1.165, 1.54) is 0 Å². The summed E-state index contributed by atoms with van der Waals surface area (Å²) in [6.45, 7) is 0.119. The van der Waals surface area contributed by atoms with Crippen LogP contribution in [0.2, 0.25) is 0 Å². The molecule has 2 rings (SSSR count). The average molecular weight is 235 g/mol. The van der Waals surface area contributed by atoms with E-state index in [0.717, 1.165) is 18.4 Å². The van der Waals surface area contributed by atoms with Crippen LogP contribution >= 0.6 is 0 Å². The number of carbonyl (C=O) groups is 1. The van der Waals surface area contributed by atoms with Crippen LogP contribution in [0.3, 0.4) is 0 Å². The average Bonchev–Trinajstić information content (AvgIpc) is 3.12. The van der Waals surface area contributed by atoms with E-state index in [2.05, 4.69) is 5.32 Å². The molecule has 1 saturated carbocycles. The zero-order chi connectivity index (χ0) is 12.1. The Balaban J connectivity index is 1.86. The molecule has 4 nitrogen and oxygen atoms in total. The van der Waals surface area contributed by atoms with Crippen molar-refractivity contribution in [2.45, 2.75) is 25.3 Å². The molecule has 0 bridgehead atoms. The minimum Gasteiger partial charge on any atom is -0.483 e. The summed E-state index contributed by atoms with van der Waals surface area (Å²) in [5, 5.41) is 11.8. The van der Waals surface area contributed by atoms with Crippen LogP contribution < -0.4 is 10.1 Å². The monoisotopic (exact) mass is 235 g/mol. The van der Waals surface area contributed by atoms with Gasteiger partial charge in [-0.05, 0) is 30.9 Å². The molecule has 0 spiro atoms. The summed E-state index contributed by atoms with van der Waals surface area (Å²) < 4.78 is 5.46. The van der Waals surface area contributed by atoms with Crippen molar-refractivity contribution >= 4 is 5.91 Å². The summed E-state index contributed by atoms with van der Waals surface area (Å²) in [6.07, 6.45) is 2.69. The third kappa shape index (κ3) is 3.75. The van der Waals surface area contributed by atoms with Crippen molar-refractivity contribution in [2.75, 3.05) is 13.2 Å². The minimum absolute atomic E-state index is 0.0406. The first kappa shape index (κ1) is 11.9. The topological polar surface area (TPSA) is 58.6 Å². The third-order valence-electron chi connectivity index (χ3n) is 2.65. The summed E-state index contributed by atoms with van der Waals surface area (Å²) in [6, 6.07) is 7.82. The molecule has 0 aliphatic heterocycles. The first-order valence-corrected chi connectivity index (χ1v) is 5.90. The largest absolute Gasteiger partial charge is 0.483 e. The highest BCUT2D eigenvalue weighted by atomic mass is 16.5. The maximum Gasteiger partial charge on any atom is 0.258 e. The first-order chi connectivity index (χ1) is 8.29. The van der Waals surface area contributed by atoms with Gasteiger partial charge in [0.2, 0.25) is 0 Å². The normalized spacial score (nSPS) is 14.4. The van der Waals surface area contributed by atoms with Gasteiger partial charge in [-0.2, -0.15) is 0 Å². The predicted molar refractivity (Wildman–Crippen MR) is 63.9 cm³/mol. The fraction of sp³-hybridized carbons (Fsp3) is 0.462. The molecule has 2 N–H and O–H groups in total. The fourth-order valence-electron chi connectivity index (χ4n) is 1.61. The highest BCUT2D eigenvalue weighted by Crippen LogP contribution is 2.20. The number of amides is 1. The van der Waals surface area contributed by atoms with Crippen LogP contribution in [-0.4, -0.2) is 30.3 Å². The predicted octanol–water partition coefficient (Wildman–Crippen LogP) is 0.879. The molecule has 4 heteroatoms. The minimum atomic E-state index is -0.0775. The maximum atomic E-state index is 11.5. The molecule has 1 aromatic carbocycles. The smallest absolute Gasteiger partial charge is 0.258 e. The summed E-state index contributed by atoms with van der Waals surface area (Å²) in [7, 11) is 0. The van der Waals surface area contributed by atoms with Crippen LogP contribution in [0.5, 0.6) is 5.75 Å². The van der Waals surface area contributed by atoms with Gasteiger partial charge < -0.3 is 15.2 Å². The molecule has 0 unspecified atom stereocenters. The number of benzene rings is 1. The molecule has 0 aromatic heterocycles. The lowest BCUT2D eigenvalue weighted by Crippen LogP contribution is -2.30. The number of rotatable bonds is 6. The molecule has 1 aromatic rings. The summed E-state index contributed by atoms with van der Waals surface area (Å²) in [4.78, 5) is 11.5. The highest BCUT2D eigenvalue weighted by molar-refractivity contribution is 5.78. The quantitative estimate of drug-likeness (QED) is 0.769. The molecular weight excluding hydrogens is 218 g/mol. The number of hydrogen-bond donors (Lipinski definition) is 2. The zero-order valence-corrected chi connectivity index (χ0v) is 9.69. The van der Waals surface area contributed by atoms with Crippen LogP contribution in [0.4, 0.5) is 0 Å². The van der Waals surface area contributed by atoms with Crippen molar-refractivity contribution in [3.63, 3.8) is 0 Å². The van der Waals surface area contributed by atoms with Crippen molar-refractivity contribution < 1.29 is 14.6 Å². The van der Waals surface area contributed by atoms with Gasteiger partial charge in [-0.1, -0.05) is 18.2 Å². The lowest BCUT2D eigenvalue weighted by molar-refractivity contribution is -0.123. The number of aliphatic hydroxyl groups is 1. The van der Waals surface area contributed by atoms with Crippen molar-refractivity contribution in [1.29, 1.82) is 0 Å². The molecule has 1 aliphatic rings. The Kier molecular flexibility index (Phi) is 3.98. The highest BCUT2D eigenvalue weighted by Gasteiger charge is 2.23. The standard InChI is InChI=1S/C13H17NO3/c15-8-7-10-3-1-2-4-12(10)17-9-13(16)14-11-5-6-11/h1-4,11,15H,5-9H2,(H,14,16).